The molecule has 0 radical (unpaired) electrons. The van der Waals surface area contributed by atoms with E-state index in [0.29, 0.717) is 0 Å². The van der Waals surface area contributed by atoms with Crippen LogP contribution in [0.2, 0.25) is 0 Å². The average Bonchev–Trinajstić information content (AvgIpc) is 2.49. The summed E-state index contributed by atoms with van der Waals surface area (Å²) in [4.78, 5) is 5.33. The second kappa shape index (κ2) is 9.04. The van der Waals surface area contributed by atoms with Crippen molar-refractivity contribution in [3.8, 4) is 0 Å². The molecule has 0 aromatic rings. The minimum absolute atomic E-state index is 1.04. The Bertz CT molecular complexity index is 212. The van der Waals surface area contributed by atoms with Crippen molar-refractivity contribution in [1.82, 2.24) is 9.80 Å². The molecule has 0 aliphatic carbocycles. The first kappa shape index (κ1) is 16.3. The Morgan fingerprint density at radius 1 is 0.650 bits per heavy atom. The van der Waals surface area contributed by atoms with Gasteiger partial charge in [-0.1, -0.05) is 26.7 Å². The van der Waals surface area contributed by atoms with Crippen molar-refractivity contribution >= 4 is 0 Å². The summed E-state index contributed by atoms with van der Waals surface area (Å²) < 4.78 is 0. The summed E-state index contributed by atoms with van der Waals surface area (Å²) in [6, 6.07) is 0. The van der Waals surface area contributed by atoms with E-state index in [-0.39, 0.29) is 0 Å². The molecule has 2 heterocycles. The summed E-state index contributed by atoms with van der Waals surface area (Å²) in [7, 11) is 0. The minimum atomic E-state index is 1.04. The van der Waals surface area contributed by atoms with Gasteiger partial charge in [-0.2, -0.15) is 0 Å². The molecule has 2 rings (SSSR count). The summed E-state index contributed by atoms with van der Waals surface area (Å²) in [5.74, 6) is 2.08. The quantitative estimate of drug-likeness (QED) is 0.695. The Hall–Kier alpha value is -0.0800. The normalized spacial score (nSPS) is 24.3. The van der Waals surface area contributed by atoms with Crippen LogP contribution in [0.5, 0.6) is 0 Å². The number of piperidine rings is 2. The molecule has 0 spiro atoms. The van der Waals surface area contributed by atoms with E-state index >= 15 is 0 Å². The smallest absolute Gasteiger partial charge is 0.00161 e. The maximum Gasteiger partial charge on any atom is -0.00161 e. The van der Waals surface area contributed by atoms with E-state index in [1.807, 2.05) is 0 Å². The zero-order valence-corrected chi connectivity index (χ0v) is 13.9. The molecule has 0 N–H and O–H groups in total. The molecular formula is C18H36N2. The largest absolute Gasteiger partial charge is 0.303 e. The molecule has 2 nitrogen and oxygen atoms in total. The van der Waals surface area contributed by atoms with E-state index in [0.717, 1.165) is 11.8 Å². The molecular weight excluding hydrogens is 244 g/mol. The minimum Gasteiger partial charge on any atom is -0.303 e. The summed E-state index contributed by atoms with van der Waals surface area (Å²) in [6.07, 6.45) is 11.5. The average molecular weight is 280 g/mol. The van der Waals surface area contributed by atoms with Crippen molar-refractivity contribution in [1.29, 1.82) is 0 Å². The number of rotatable bonds is 7. The van der Waals surface area contributed by atoms with Gasteiger partial charge in [-0.15, -0.1) is 0 Å². The van der Waals surface area contributed by atoms with Gasteiger partial charge >= 0.3 is 0 Å². The highest BCUT2D eigenvalue weighted by Gasteiger charge is 2.22. The van der Waals surface area contributed by atoms with E-state index in [1.165, 1.54) is 90.6 Å². The van der Waals surface area contributed by atoms with E-state index in [9.17, 15) is 0 Å². The first-order valence-corrected chi connectivity index (χ1v) is 9.26. The molecule has 0 saturated carbocycles. The second-order valence-electron chi connectivity index (χ2n) is 7.15. The molecule has 0 atom stereocenters. The van der Waals surface area contributed by atoms with Crippen LogP contribution in [0.4, 0.5) is 0 Å². The molecule has 0 unspecified atom stereocenters. The van der Waals surface area contributed by atoms with Crippen LogP contribution in [-0.2, 0) is 0 Å². The first-order chi connectivity index (χ1) is 9.81. The summed E-state index contributed by atoms with van der Waals surface area (Å²) in [5, 5.41) is 0. The van der Waals surface area contributed by atoms with Crippen molar-refractivity contribution in [2.24, 2.45) is 11.8 Å². The van der Waals surface area contributed by atoms with Crippen LogP contribution in [-0.4, -0.2) is 49.1 Å². The summed E-state index contributed by atoms with van der Waals surface area (Å²) in [6.45, 7) is 12.7. The molecule has 20 heavy (non-hydrogen) atoms. The molecule has 2 fully saturated rings. The van der Waals surface area contributed by atoms with Gasteiger partial charge in [0.05, 0.1) is 0 Å². The lowest BCUT2D eigenvalue weighted by atomic mass is 9.85. The Morgan fingerprint density at radius 3 is 1.30 bits per heavy atom. The predicted octanol–water partition coefficient (Wildman–Crippen LogP) is 4.01. The van der Waals surface area contributed by atoms with Gasteiger partial charge in [0.15, 0.2) is 0 Å². The standard InChI is InChI=1S/C18H36N2/c1-3-11-19-13-7-17(8-14-19)5-6-18-9-15-20(12-4-2)16-10-18/h17-18H,3-16H2,1-2H3. The summed E-state index contributed by atoms with van der Waals surface area (Å²) >= 11 is 0. The lowest BCUT2D eigenvalue weighted by Gasteiger charge is -2.34. The number of nitrogens with zero attached hydrogens (tertiary/aromatic N) is 2. The maximum atomic E-state index is 2.67. The van der Waals surface area contributed by atoms with Crippen LogP contribution >= 0.6 is 0 Å². The predicted molar refractivity (Wildman–Crippen MR) is 88.1 cm³/mol. The highest BCUT2D eigenvalue weighted by atomic mass is 15.1. The number of likely N-dealkylation sites (tertiary alicyclic amines) is 2. The monoisotopic (exact) mass is 280 g/mol. The SMILES string of the molecule is CCCN1CCC(CCC2CCN(CCC)CC2)CC1. The van der Waals surface area contributed by atoms with Crippen LogP contribution in [0.25, 0.3) is 0 Å². The zero-order valence-electron chi connectivity index (χ0n) is 13.9. The fraction of sp³-hybridized carbons (Fsp3) is 1.00. The van der Waals surface area contributed by atoms with Gasteiger partial charge in [0.1, 0.15) is 0 Å². The molecule has 2 saturated heterocycles. The van der Waals surface area contributed by atoms with E-state index < -0.39 is 0 Å². The van der Waals surface area contributed by atoms with Crippen molar-refractivity contribution in [2.45, 2.75) is 65.2 Å². The number of hydrogen-bond acceptors (Lipinski definition) is 2. The highest BCUT2D eigenvalue weighted by Crippen LogP contribution is 2.28. The van der Waals surface area contributed by atoms with Gasteiger partial charge in [0, 0.05) is 0 Å². The van der Waals surface area contributed by atoms with Crippen molar-refractivity contribution in [3.63, 3.8) is 0 Å². The van der Waals surface area contributed by atoms with Gasteiger partial charge in [-0.05, 0) is 89.6 Å². The molecule has 0 aromatic carbocycles. The summed E-state index contributed by atoms with van der Waals surface area (Å²) in [5.41, 5.74) is 0. The van der Waals surface area contributed by atoms with Gasteiger partial charge in [0.25, 0.3) is 0 Å². The molecule has 118 valence electrons. The van der Waals surface area contributed by atoms with Gasteiger partial charge in [0.2, 0.25) is 0 Å². The fourth-order valence-corrected chi connectivity index (χ4v) is 4.10. The third-order valence-corrected chi connectivity index (χ3v) is 5.48. The molecule has 2 aliphatic rings. The third kappa shape index (κ3) is 5.37. The Labute approximate surface area is 126 Å². The van der Waals surface area contributed by atoms with Crippen LogP contribution in [0.15, 0.2) is 0 Å². The van der Waals surface area contributed by atoms with E-state index in [4.69, 9.17) is 0 Å². The van der Waals surface area contributed by atoms with Crippen molar-refractivity contribution in [3.05, 3.63) is 0 Å². The first-order valence-electron chi connectivity index (χ1n) is 9.26. The number of hydrogen-bond donors (Lipinski definition) is 0. The second-order valence-corrected chi connectivity index (χ2v) is 7.15. The lowest BCUT2D eigenvalue weighted by molar-refractivity contribution is 0.152. The zero-order chi connectivity index (χ0) is 14.2. The Balaban J connectivity index is 1.55. The van der Waals surface area contributed by atoms with Gasteiger partial charge < -0.3 is 9.80 Å². The van der Waals surface area contributed by atoms with Crippen molar-refractivity contribution < 1.29 is 0 Å². The lowest BCUT2D eigenvalue weighted by Crippen LogP contribution is -2.35. The van der Waals surface area contributed by atoms with Crippen LogP contribution in [0.3, 0.4) is 0 Å². The van der Waals surface area contributed by atoms with Crippen LogP contribution in [0, 0.1) is 11.8 Å². The van der Waals surface area contributed by atoms with E-state index in [2.05, 4.69) is 23.6 Å². The molecule has 0 aromatic heterocycles. The van der Waals surface area contributed by atoms with E-state index in [1.54, 1.807) is 0 Å². The van der Waals surface area contributed by atoms with Gasteiger partial charge in [-0.3, -0.25) is 0 Å². The molecule has 0 amide bonds. The highest BCUT2D eigenvalue weighted by molar-refractivity contribution is 4.76. The molecule has 2 aliphatic heterocycles. The Kier molecular flexibility index (Phi) is 7.37. The topological polar surface area (TPSA) is 6.48 Å². The molecule has 0 bridgehead atoms. The molecule has 2 heteroatoms. The maximum absolute atomic E-state index is 2.67. The fourth-order valence-electron chi connectivity index (χ4n) is 4.10. The Morgan fingerprint density at radius 2 is 1.00 bits per heavy atom. The van der Waals surface area contributed by atoms with Gasteiger partial charge in [-0.25, -0.2) is 0 Å². The van der Waals surface area contributed by atoms with Crippen molar-refractivity contribution in [2.75, 3.05) is 39.3 Å². The van der Waals surface area contributed by atoms with Crippen LogP contribution in [0.1, 0.15) is 65.2 Å². The third-order valence-electron chi connectivity index (χ3n) is 5.48. The van der Waals surface area contributed by atoms with Crippen LogP contribution < -0.4 is 0 Å².